The zero-order chi connectivity index (χ0) is 11.8. The van der Waals surface area contributed by atoms with Crippen molar-refractivity contribution in [1.82, 2.24) is 0 Å². The van der Waals surface area contributed by atoms with Gasteiger partial charge in [0.25, 0.3) is 0 Å². The Bertz CT molecular complexity index is 322. The summed E-state index contributed by atoms with van der Waals surface area (Å²) in [5, 5.41) is 0. The van der Waals surface area contributed by atoms with Crippen LogP contribution < -0.4 is 0 Å². The van der Waals surface area contributed by atoms with Crippen LogP contribution >= 0.6 is 0 Å². The van der Waals surface area contributed by atoms with Crippen LogP contribution in [-0.2, 0) is 14.3 Å². The standard InChI is InChI=1S/C12H18O3/c1-7(2)6-9-10(12(9,4)5)11(14)15-8(3)13/h6,9-10H,1-5H3/t9-,10?/m1/s1. The number of allylic oxidation sites excluding steroid dienone is 2. The van der Waals surface area contributed by atoms with Gasteiger partial charge in [-0.3, -0.25) is 9.59 Å². The summed E-state index contributed by atoms with van der Waals surface area (Å²) in [5.41, 5.74) is 1.11. The fourth-order valence-corrected chi connectivity index (χ4v) is 2.00. The fourth-order valence-electron chi connectivity index (χ4n) is 2.00. The minimum atomic E-state index is -0.529. The lowest BCUT2D eigenvalue weighted by Gasteiger charge is -2.00. The molecule has 0 radical (unpaired) electrons. The van der Waals surface area contributed by atoms with Crippen LogP contribution in [0.15, 0.2) is 11.6 Å². The van der Waals surface area contributed by atoms with E-state index in [1.54, 1.807) is 0 Å². The third-order valence-electron chi connectivity index (χ3n) is 2.92. The average molecular weight is 210 g/mol. The van der Waals surface area contributed by atoms with Crippen molar-refractivity contribution in [2.75, 3.05) is 0 Å². The van der Waals surface area contributed by atoms with Gasteiger partial charge in [-0.05, 0) is 25.2 Å². The Morgan fingerprint density at radius 2 is 1.73 bits per heavy atom. The van der Waals surface area contributed by atoms with Crippen molar-refractivity contribution in [3.63, 3.8) is 0 Å². The summed E-state index contributed by atoms with van der Waals surface area (Å²) in [6.45, 7) is 9.29. The highest BCUT2D eigenvalue weighted by molar-refractivity contribution is 5.88. The number of esters is 2. The number of ether oxygens (including phenoxy) is 1. The quantitative estimate of drug-likeness (QED) is 0.399. The summed E-state index contributed by atoms with van der Waals surface area (Å²) in [7, 11) is 0. The zero-order valence-corrected chi connectivity index (χ0v) is 9.96. The van der Waals surface area contributed by atoms with Crippen molar-refractivity contribution in [2.45, 2.75) is 34.6 Å². The molecule has 1 aliphatic carbocycles. The average Bonchev–Trinajstić information content (AvgIpc) is 2.49. The van der Waals surface area contributed by atoms with Gasteiger partial charge in [-0.25, -0.2) is 0 Å². The molecule has 0 amide bonds. The SMILES string of the molecule is CC(=O)OC(=O)C1[C@@H](C=C(C)C)C1(C)C. The van der Waals surface area contributed by atoms with Gasteiger partial charge in [-0.1, -0.05) is 25.5 Å². The third-order valence-corrected chi connectivity index (χ3v) is 2.92. The van der Waals surface area contributed by atoms with Crippen LogP contribution in [0.5, 0.6) is 0 Å². The number of carbonyl (C=O) groups excluding carboxylic acids is 2. The lowest BCUT2D eigenvalue weighted by atomic mass is 10.1. The predicted octanol–water partition coefficient (Wildman–Crippen LogP) is 2.31. The molecule has 0 heterocycles. The number of rotatable bonds is 2. The van der Waals surface area contributed by atoms with E-state index in [2.05, 4.69) is 10.8 Å². The van der Waals surface area contributed by atoms with Crippen LogP contribution in [0.4, 0.5) is 0 Å². The Hall–Kier alpha value is -1.12. The first-order valence-corrected chi connectivity index (χ1v) is 5.14. The van der Waals surface area contributed by atoms with Gasteiger partial charge in [0.15, 0.2) is 0 Å². The maximum Gasteiger partial charge on any atom is 0.317 e. The Kier molecular flexibility index (Phi) is 3.03. The minimum absolute atomic E-state index is 0.0796. The van der Waals surface area contributed by atoms with Crippen molar-refractivity contribution in [2.24, 2.45) is 17.3 Å². The molecular weight excluding hydrogens is 192 g/mol. The minimum Gasteiger partial charge on any atom is -0.393 e. The molecule has 3 nitrogen and oxygen atoms in total. The third kappa shape index (κ3) is 2.46. The van der Waals surface area contributed by atoms with E-state index in [4.69, 9.17) is 0 Å². The molecule has 3 heteroatoms. The van der Waals surface area contributed by atoms with Crippen LogP contribution in [0, 0.1) is 17.3 Å². The predicted molar refractivity (Wildman–Crippen MR) is 57.0 cm³/mol. The first kappa shape index (κ1) is 12.0. The summed E-state index contributed by atoms with van der Waals surface area (Å²) in [6.07, 6.45) is 2.08. The van der Waals surface area contributed by atoms with Crippen LogP contribution in [0.1, 0.15) is 34.6 Å². The van der Waals surface area contributed by atoms with Crippen molar-refractivity contribution in [3.05, 3.63) is 11.6 Å². The summed E-state index contributed by atoms with van der Waals surface area (Å²) in [5.74, 6) is -0.890. The van der Waals surface area contributed by atoms with E-state index in [-0.39, 0.29) is 17.3 Å². The van der Waals surface area contributed by atoms with E-state index in [1.807, 2.05) is 27.7 Å². The Balaban J connectivity index is 2.70. The van der Waals surface area contributed by atoms with Crippen molar-refractivity contribution < 1.29 is 14.3 Å². The molecule has 0 aromatic carbocycles. The molecule has 2 atom stereocenters. The van der Waals surface area contributed by atoms with E-state index in [1.165, 1.54) is 12.5 Å². The van der Waals surface area contributed by atoms with Crippen LogP contribution in [0.25, 0.3) is 0 Å². The van der Waals surface area contributed by atoms with Gasteiger partial charge in [0, 0.05) is 6.92 Å². The molecule has 84 valence electrons. The second-order valence-corrected chi connectivity index (χ2v) is 4.98. The molecule has 0 spiro atoms. The van der Waals surface area contributed by atoms with Gasteiger partial charge in [-0.2, -0.15) is 0 Å². The van der Waals surface area contributed by atoms with Gasteiger partial charge < -0.3 is 4.74 Å². The molecule has 1 fully saturated rings. The maximum absolute atomic E-state index is 11.6. The fraction of sp³-hybridized carbons (Fsp3) is 0.667. The first-order chi connectivity index (χ1) is 6.76. The highest BCUT2D eigenvalue weighted by atomic mass is 16.6. The van der Waals surface area contributed by atoms with Gasteiger partial charge in [0.05, 0.1) is 5.92 Å². The first-order valence-electron chi connectivity index (χ1n) is 5.14. The second-order valence-electron chi connectivity index (χ2n) is 4.98. The lowest BCUT2D eigenvalue weighted by molar-refractivity contribution is -0.159. The molecule has 0 aromatic heterocycles. The molecule has 0 bridgehead atoms. The second kappa shape index (κ2) is 3.80. The maximum atomic E-state index is 11.6. The van der Waals surface area contributed by atoms with Crippen molar-refractivity contribution in [1.29, 1.82) is 0 Å². The lowest BCUT2D eigenvalue weighted by Crippen LogP contribution is -2.13. The molecule has 0 aromatic rings. The Labute approximate surface area is 90.5 Å². The highest BCUT2D eigenvalue weighted by Crippen LogP contribution is 2.59. The van der Waals surface area contributed by atoms with Gasteiger partial charge in [0.1, 0.15) is 0 Å². The van der Waals surface area contributed by atoms with E-state index in [0.29, 0.717) is 0 Å². The zero-order valence-electron chi connectivity index (χ0n) is 9.96. The van der Waals surface area contributed by atoms with Crippen molar-refractivity contribution >= 4 is 11.9 Å². The highest BCUT2D eigenvalue weighted by Gasteiger charge is 2.61. The largest absolute Gasteiger partial charge is 0.393 e. The molecule has 0 aliphatic heterocycles. The summed E-state index contributed by atoms with van der Waals surface area (Å²) < 4.78 is 4.61. The van der Waals surface area contributed by atoms with Crippen LogP contribution in [0.2, 0.25) is 0 Å². The smallest absolute Gasteiger partial charge is 0.317 e. The summed E-state index contributed by atoms with van der Waals surface area (Å²) in [6, 6.07) is 0. The van der Waals surface area contributed by atoms with Crippen LogP contribution in [0.3, 0.4) is 0 Å². The topological polar surface area (TPSA) is 43.4 Å². The number of hydrogen-bond donors (Lipinski definition) is 0. The van der Waals surface area contributed by atoms with Crippen LogP contribution in [-0.4, -0.2) is 11.9 Å². The van der Waals surface area contributed by atoms with E-state index >= 15 is 0 Å². The molecule has 1 aliphatic rings. The molecule has 1 rings (SSSR count). The molecule has 1 unspecified atom stereocenters. The Morgan fingerprint density at radius 1 is 1.20 bits per heavy atom. The molecule has 1 saturated carbocycles. The number of hydrogen-bond acceptors (Lipinski definition) is 3. The molecule has 0 saturated heterocycles. The van der Waals surface area contributed by atoms with Gasteiger partial charge >= 0.3 is 11.9 Å². The van der Waals surface area contributed by atoms with Gasteiger partial charge in [-0.15, -0.1) is 0 Å². The van der Waals surface area contributed by atoms with Gasteiger partial charge in [0.2, 0.25) is 0 Å². The molecule has 15 heavy (non-hydrogen) atoms. The molecular formula is C12H18O3. The van der Waals surface area contributed by atoms with Crippen molar-refractivity contribution in [3.8, 4) is 0 Å². The Morgan fingerprint density at radius 3 is 2.13 bits per heavy atom. The summed E-state index contributed by atoms with van der Waals surface area (Å²) in [4.78, 5) is 22.2. The van der Waals surface area contributed by atoms with E-state index in [0.717, 1.165) is 0 Å². The monoisotopic (exact) mass is 210 g/mol. The van der Waals surface area contributed by atoms with E-state index < -0.39 is 11.9 Å². The molecule has 0 N–H and O–H groups in total. The van der Waals surface area contributed by atoms with E-state index in [9.17, 15) is 9.59 Å². The number of carbonyl (C=O) groups is 2. The normalized spacial score (nSPS) is 26.7. The summed E-state index contributed by atoms with van der Waals surface area (Å²) >= 11 is 0.